The van der Waals surface area contributed by atoms with E-state index in [4.69, 9.17) is 19.9 Å². The van der Waals surface area contributed by atoms with Crippen LogP contribution in [0.4, 0.5) is 25.8 Å². The average molecular weight is 757 g/mol. The molecule has 7 N–H and O–H groups in total. The van der Waals surface area contributed by atoms with Crippen LogP contribution in [0.15, 0.2) is 55.1 Å². The molecule has 0 saturated carbocycles. The number of nitro groups is 1. The fourth-order valence-corrected chi connectivity index (χ4v) is 4.70. The number of carbonyl (C=O) groups is 6. The molecule has 0 aliphatic heterocycles. The molecule has 54 heavy (non-hydrogen) atoms. The molecule has 2 atom stereocenters. The number of urea groups is 1. The van der Waals surface area contributed by atoms with Gasteiger partial charge in [0, 0.05) is 42.0 Å². The minimum absolute atomic E-state index is 0.00213. The minimum Gasteiger partial charge on any atom is -0.445 e. The van der Waals surface area contributed by atoms with Crippen LogP contribution in [0.1, 0.15) is 49.0 Å². The molecule has 19 heteroatoms. The van der Waals surface area contributed by atoms with E-state index in [0.717, 1.165) is 12.1 Å². The lowest BCUT2D eigenvalue weighted by Gasteiger charge is -2.25. The molecule has 0 spiro atoms. The second kappa shape index (κ2) is 22.6. The number of benzene rings is 2. The predicted octanol–water partition coefficient (Wildman–Crippen LogP) is 2.80. The van der Waals surface area contributed by atoms with Gasteiger partial charge in [-0.25, -0.2) is 14.4 Å². The van der Waals surface area contributed by atoms with E-state index in [-0.39, 0.29) is 54.2 Å². The Balaban J connectivity index is 2.29. The van der Waals surface area contributed by atoms with Gasteiger partial charge in [-0.2, -0.15) is 0 Å². The van der Waals surface area contributed by atoms with E-state index >= 15 is 0 Å². The van der Waals surface area contributed by atoms with Crippen LogP contribution < -0.4 is 37.1 Å². The summed E-state index contributed by atoms with van der Waals surface area (Å²) in [5.74, 6) is -2.27. The van der Waals surface area contributed by atoms with E-state index in [1.54, 1.807) is 13.8 Å². The number of amides is 6. The quantitative estimate of drug-likeness (QED) is 0.0268. The first kappa shape index (κ1) is 43.9. The number of carbonyl (C=O) groups excluding carboxylic acids is 6. The van der Waals surface area contributed by atoms with Crippen molar-refractivity contribution in [3.63, 3.8) is 0 Å². The van der Waals surface area contributed by atoms with Gasteiger partial charge in [0.2, 0.25) is 11.8 Å². The molecule has 0 saturated heterocycles. The summed E-state index contributed by atoms with van der Waals surface area (Å²) >= 11 is 0. The van der Waals surface area contributed by atoms with Gasteiger partial charge in [0.25, 0.3) is 11.6 Å². The molecule has 6 amide bonds. The van der Waals surface area contributed by atoms with Gasteiger partial charge in [0.05, 0.1) is 4.92 Å². The Kier molecular flexibility index (Phi) is 18.4. The maximum absolute atomic E-state index is 13.6. The van der Waals surface area contributed by atoms with Gasteiger partial charge in [0.1, 0.15) is 31.0 Å². The number of nitrogens with zero attached hydrogens (tertiary/aromatic N) is 2. The van der Waals surface area contributed by atoms with Gasteiger partial charge in [0.15, 0.2) is 0 Å². The fourth-order valence-electron chi connectivity index (χ4n) is 4.70. The Labute approximate surface area is 312 Å². The van der Waals surface area contributed by atoms with Crippen LogP contribution in [-0.4, -0.2) is 98.2 Å². The maximum Gasteiger partial charge on any atom is 0.514 e. The molecule has 2 rings (SSSR count). The molecule has 0 bridgehead atoms. The summed E-state index contributed by atoms with van der Waals surface area (Å²) in [6, 6.07) is 6.06. The summed E-state index contributed by atoms with van der Waals surface area (Å²) in [7, 11) is 3.78. The second-order valence-electron chi connectivity index (χ2n) is 12.4. The lowest BCUT2D eigenvalue weighted by atomic mass is 10.0. The normalized spacial score (nSPS) is 11.7. The molecule has 0 aliphatic rings. The molecule has 0 fully saturated rings. The van der Waals surface area contributed by atoms with Gasteiger partial charge in [-0.15, -0.1) is 0 Å². The molecule has 2 aromatic rings. The van der Waals surface area contributed by atoms with Crippen molar-refractivity contribution in [3.8, 4) is 5.75 Å². The highest BCUT2D eigenvalue weighted by atomic mass is 16.7. The van der Waals surface area contributed by atoms with Crippen molar-refractivity contribution in [2.75, 3.05) is 45.7 Å². The van der Waals surface area contributed by atoms with Crippen molar-refractivity contribution < 1.29 is 47.9 Å². The number of hydrogen-bond donors (Lipinski definition) is 6. The van der Waals surface area contributed by atoms with E-state index in [1.165, 1.54) is 36.4 Å². The molecule has 0 unspecified atom stereocenters. The number of rotatable bonds is 21. The molecule has 0 aromatic heterocycles. The van der Waals surface area contributed by atoms with Crippen molar-refractivity contribution in [2.45, 2.75) is 51.8 Å². The Morgan fingerprint density at radius 2 is 1.63 bits per heavy atom. The summed E-state index contributed by atoms with van der Waals surface area (Å²) in [5.41, 5.74) is 5.44. The van der Waals surface area contributed by atoms with Crippen LogP contribution in [0, 0.1) is 16.0 Å². The van der Waals surface area contributed by atoms with Crippen LogP contribution >= 0.6 is 0 Å². The van der Waals surface area contributed by atoms with Crippen molar-refractivity contribution in [2.24, 2.45) is 11.7 Å². The number of nitro benzene ring substituents is 1. The van der Waals surface area contributed by atoms with Crippen molar-refractivity contribution in [1.29, 1.82) is 0 Å². The summed E-state index contributed by atoms with van der Waals surface area (Å²) in [4.78, 5) is 88.4. The van der Waals surface area contributed by atoms with Crippen molar-refractivity contribution in [1.82, 2.24) is 26.2 Å². The van der Waals surface area contributed by atoms with E-state index < -0.39 is 65.5 Å². The van der Waals surface area contributed by atoms with Crippen LogP contribution in [0.5, 0.6) is 5.75 Å². The molecule has 0 radical (unpaired) electrons. The minimum atomic E-state index is -1.17. The third-order valence-corrected chi connectivity index (χ3v) is 7.44. The highest BCUT2D eigenvalue weighted by molar-refractivity contribution is 6.01. The third-order valence-electron chi connectivity index (χ3n) is 7.44. The zero-order valence-corrected chi connectivity index (χ0v) is 30.7. The average Bonchev–Trinajstić information content (AvgIpc) is 3.11. The second-order valence-corrected chi connectivity index (χ2v) is 12.4. The topological polar surface area (TPSA) is 263 Å². The predicted molar refractivity (Wildman–Crippen MR) is 197 cm³/mol. The largest absolute Gasteiger partial charge is 0.514 e. The van der Waals surface area contributed by atoms with Gasteiger partial charge >= 0.3 is 18.3 Å². The van der Waals surface area contributed by atoms with Crippen molar-refractivity contribution in [3.05, 3.63) is 76.4 Å². The Bertz CT molecular complexity index is 1630. The molecular formula is C35H48N8O11. The Hall–Kier alpha value is -6.24. The summed E-state index contributed by atoms with van der Waals surface area (Å²) in [6.45, 7) is 7.49. The van der Waals surface area contributed by atoms with Crippen LogP contribution in [-0.2, 0) is 25.7 Å². The number of primary amides is 1. The molecule has 19 nitrogen and oxygen atoms in total. The monoisotopic (exact) mass is 756 g/mol. The highest BCUT2D eigenvalue weighted by Crippen LogP contribution is 2.21. The summed E-state index contributed by atoms with van der Waals surface area (Å²) in [5, 5.41) is 23.9. The Morgan fingerprint density at radius 3 is 2.24 bits per heavy atom. The van der Waals surface area contributed by atoms with E-state index in [2.05, 4.69) is 33.2 Å². The van der Waals surface area contributed by atoms with E-state index in [1.807, 2.05) is 19.0 Å². The fraction of sp³-hybridized carbons (Fsp3) is 0.429. The van der Waals surface area contributed by atoms with Crippen LogP contribution in [0.2, 0.25) is 0 Å². The van der Waals surface area contributed by atoms with Gasteiger partial charge in [-0.3, -0.25) is 24.5 Å². The van der Waals surface area contributed by atoms with Gasteiger partial charge in [-0.05, 0) is 70.1 Å². The smallest absolute Gasteiger partial charge is 0.445 e. The zero-order chi connectivity index (χ0) is 40.2. The number of nitrogens with two attached hydrogens (primary N) is 1. The molecule has 294 valence electrons. The lowest BCUT2D eigenvalue weighted by molar-refractivity contribution is -0.384. The molecule has 0 aliphatic carbocycles. The van der Waals surface area contributed by atoms with Gasteiger partial charge in [-0.1, -0.05) is 32.6 Å². The first-order valence-electron chi connectivity index (χ1n) is 16.9. The number of ether oxygens (including phenoxy) is 3. The van der Waals surface area contributed by atoms with E-state index in [0.29, 0.717) is 19.5 Å². The maximum atomic E-state index is 13.6. The van der Waals surface area contributed by atoms with Crippen LogP contribution in [0.3, 0.4) is 0 Å². The molecule has 0 heterocycles. The first-order valence-corrected chi connectivity index (χ1v) is 16.9. The zero-order valence-electron chi connectivity index (χ0n) is 30.7. The van der Waals surface area contributed by atoms with Crippen LogP contribution in [0.25, 0.3) is 0 Å². The summed E-state index contributed by atoms with van der Waals surface area (Å²) in [6.07, 6.45) is 0.286. The summed E-state index contributed by atoms with van der Waals surface area (Å²) < 4.78 is 15.2. The van der Waals surface area contributed by atoms with E-state index in [9.17, 15) is 38.9 Å². The first-order chi connectivity index (χ1) is 25.6. The number of hydrogen-bond acceptors (Lipinski definition) is 12. The van der Waals surface area contributed by atoms with Gasteiger partial charge < -0.3 is 51.4 Å². The number of alkyl carbamates (subject to hydrolysis) is 1. The SMILES string of the molecule is C=CCOC(=O)N[C@H](C(=O)N[C@@H](CCCNC(N)=O)C(=O)Nc1ccc(COC(=O)Oc2ccc([N+](=O)[O-])cc2)c(C(=O)NCCCN(C)C)c1)C(C)C. The number of anilines is 1. The Morgan fingerprint density at radius 1 is 0.944 bits per heavy atom. The standard InChI is InChI=1S/C35H48N8O11/c1-6-19-52-34(48)41-29(22(2)3)32(46)40-28(9-7-16-38-33(36)47)31(45)39-24-11-10-23(27(20-24)30(44)37-17-8-18-42(4)5)21-53-35(49)54-26-14-12-25(13-15-26)43(50)51/h6,10-15,20,22,28-29H,1,7-9,16-19,21H2,2-5H3,(H,37,44)(H,39,45)(H,40,46)(H,41,48)(H3,36,38,47)/t28-,29-/m0/s1. The number of non-ortho nitro benzene ring substituents is 1. The molecule has 2 aromatic carbocycles. The highest BCUT2D eigenvalue weighted by Gasteiger charge is 2.29. The lowest BCUT2D eigenvalue weighted by Crippen LogP contribution is -2.54. The third kappa shape index (κ3) is 16.0. The molecular weight excluding hydrogens is 708 g/mol. The number of nitrogens with one attached hydrogen (secondary N) is 5. The van der Waals surface area contributed by atoms with Crippen molar-refractivity contribution >= 4 is 47.4 Å².